The lowest BCUT2D eigenvalue weighted by Crippen LogP contribution is -2.57. The van der Waals surface area contributed by atoms with E-state index in [2.05, 4.69) is 20.0 Å². The Balaban J connectivity index is 1.20. The molecule has 2 aromatic heterocycles. The Morgan fingerprint density at radius 1 is 0.680 bits per heavy atom. The standard InChI is InChI=1S/C35H33N7O5S3/c1-41(25-13-15-31-27(19-25)36-21-48-31)33(43)29(17-23-9-5-3-6-10-23)38-35(45)40-50(46,47)39-30(18-24-11-7-4-8-12-24)34(44)42(2)26-14-16-32-28(20-26)37-22-49-32/h3-16,19-22,29-30,39H,17-18H2,1-2H3,(H2,38,40,45)/t29?,30-/m0/s1. The van der Waals surface area contributed by atoms with Gasteiger partial charge in [0.1, 0.15) is 12.1 Å². The van der Waals surface area contributed by atoms with Crippen LogP contribution in [0.15, 0.2) is 108 Å². The van der Waals surface area contributed by atoms with Gasteiger partial charge in [0.15, 0.2) is 0 Å². The SMILES string of the molecule is CN(C(=O)C(Cc1ccccc1)NC(=O)NS(=O)(=O)N[C@@H](Cc1ccccc1)C(=O)N(C)c1ccc2scnc2c1)c1ccc2scnc2c1. The number of thiazole rings is 2. The van der Waals surface area contributed by atoms with Crippen LogP contribution < -0.4 is 24.6 Å². The van der Waals surface area contributed by atoms with Crippen molar-refractivity contribution in [2.45, 2.75) is 24.9 Å². The van der Waals surface area contributed by atoms with Crippen molar-refractivity contribution in [3.8, 4) is 0 Å². The number of carbonyl (C=O) groups is 3. The molecule has 3 N–H and O–H groups in total. The van der Waals surface area contributed by atoms with Gasteiger partial charge in [-0.2, -0.15) is 13.1 Å². The van der Waals surface area contributed by atoms with Gasteiger partial charge in [0, 0.05) is 31.9 Å². The molecule has 15 heteroatoms. The van der Waals surface area contributed by atoms with Crippen LogP contribution in [0.25, 0.3) is 20.4 Å². The fourth-order valence-electron chi connectivity index (χ4n) is 5.44. The fraction of sp³-hybridized carbons (Fsp3) is 0.171. The number of benzene rings is 4. The van der Waals surface area contributed by atoms with Crippen molar-refractivity contribution < 1.29 is 22.8 Å². The predicted octanol–water partition coefficient (Wildman–Crippen LogP) is 4.89. The topological polar surface area (TPSA) is 154 Å². The molecule has 0 aliphatic carbocycles. The van der Waals surface area contributed by atoms with Crippen molar-refractivity contribution >= 4 is 82.5 Å². The average Bonchev–Trinajstić information content (AvgIpc) is 3.79. The minimum Gasteiger partial charge on any atom is -0.325 e. The summed E-state index contributed by atoms with van der Waals surface area (Å²) >= 11 is 2.94. The van der Waals surface area contributed by atoms with Gasteiger partial charge >= 0.3 is 16.2 Å². The average molecular weight is 728 g/mol. The lowest BCUT2D eigenvalue weighted by atomic mass is 10.0. The second-order valence-corrected chi connectivity index (χ2v) is 14.7. The number of fused-ring (bicyclic) bond motifs is 2. The normalized spacial score (nSPS) is 12.7. The summed E-state index contributed by atoms with van der Waals surface area (Å²) in [4.78, 5) is 52.3. The minimum atomic E-state index is -4.62. The summed E-state index contributed by atoms with van der Waals surface area (Å²) in [5.41, 5.74) is 7.39. The molecule has 0 saturated heterocycles. The molecule has 0 saturated carbocycles. The molecule has 50 heavy (non-hydrogen) atoms. The first-order valence-electron chi connectivity index (χ1n) is 15.5. The number of amides is 4. The maximum Gasteiger partial charge on any atom is 0.330 e. The molecule has 12 nitrogen and oxygen atoms in total. The van der Waals surface area contributed by atoms with Crippen LogP contribution in [0.1, 0.15) is 11.1 Å². The number of hydrogen-bond donors (Lipinski definition) is 3. The molecule has 0 aliphatic heterocycles. The molecule has 256 valence electrons. The largest absolute Gasteiger partial charge is 0.330 e. The van der Waals surface area contributed by atoms with Gasteiger partial charge in [0.25, 0.3) is 0 Å². The lowest BCUT2D eigenvalue weighted by Gasteiger charge is -2.26. The quantitative estimate of drug-likeness (QED) is 0.162. The van der Waals surface area contributed by atoms with Gasteiger partial charge < -0.3 is 15.1 Å². The maximum atomic E-state index is 13.8. The summed E-state index contributed by atoms with van der Waals surface area (Å²) in [6.07, 6.45) is 0.0990. The monoisotopic (exact) mass is 727 g/mol. The van der Waals surface area contributed by atoms with E-state index in [-0.39, 0.29) is 12.8 Å². The Morgan fingerprint density at radius 3 is 1.64 bits per heavy atom. The van der Waals surface area contributed by atoms with E-state index in [0.29, 0.717) is 22.5 Å². The first-order valence-corrected chi connectivity index (χ1v) is 18.7. The van der Waals surface area contributed by atoms with Crippen molar-refractivity contribution in [1.82, 2.24) is 24.7 Å². The molecule has 2 atom stereocenters. The first-order chi connectivity index (χ1) is 24.1. The maximum absolute atomic E-state index is 13.8. The molecular formula is C35H33N7O5S3. The van der Waals surface area contributed by atoms with Crippen LogP contribution in [0.4, 0.5) is 16.2 Å². The highest BCUT2D eigenvalue weighted by molar-refractivity contribution is 7.88. The van der Waals surface area contributed by atoms with Crippen molar-refractivity contribution in [2.24, 2.45) is 0 Å². The van der Waals surface area contributed by atoms with E-state index in [1.165, 1.54) is 32.5 Å². The Labute approximate surface area is 297 Å². The molecule has 0 fully saturated rings. The predicted molar refractivity (Wildman–Crippen MR) is 198 cm³/mol. The summed E-state index contributed by atoms with van der Waals surface area (Å²) in [7, 11) is -1.50. The Morgan fingerprint density at radius 2 is 1.14 bits per heavy atom. The van der Waals surface area contributed by atoms with Crippen LogP contribution in [-0.2, 0) is 32.6 Å². The summed E-state index contributed by atoms with van der Waals surface area (Å²) in [6, 6.07) is 25.2. The van der Waals surface area contributed by atoms with E-state index in [1.807, 2.05) is 41.1 Å². The summed E-state index contributed by atoms with van der Waals surface area (Å²) < 4.78 is 33.1. The Bertz CT molecular complexity index is 2240. The first kappa shape index (κ1) is 34.6. The number of urea groups is 1. The lowest BCUT2D eigenvalue weighted by molar-refractivity contribution is -0.120. The number of likely N-dealkylation sites (N-methyl/N-ethyl adjacent to an activating group) is 2. The second kappa shape index (κ2) is 15.1. The third-order valence-electron chi connectivity index (χ3n) is 8.06. The zero-order chi connectivity index (χ0) is 35.3. The molecule has 0 bridgehead atoms. The fourth-order valence-corrected chi connectivity index (χ4v) is 7.68. The highest BCUT2D eigenvalue weighted by Gasteiger charge is 2.31. The van der Waals surface area contributed by atoms with Gasteiger partial charge in [-0.05, 0) is 53.9 Å². The van der Waals surface area contributed by atoms with Crippen molar-refractivity contribution in [3.05, 3.63) is 119 Å². The summed E-state index contributed by atoms with van der Waals surface area (Å²) in [6.45, 7) is 0. The van der Waals surface area contributed by atoms with Gasteiger partial charge in [-0.15, -0.1) is 22.7 Å². The van der Waals surface area contributed by atoms with E-state index in [9.17, 15) is 22.8 Å². The summed E-state index contributed by atoms with van der Waals surface area (Å²) in [5, 5.41) is 2.54. The third-order valence-corrected chi connectivity index (χ3v) is 10.7. The van der Waals surface area contributed by atoms with E-state index < -0.39 is 40.1 Å². The molecule has 6 rings (SSSR count). The Kier molecular flexibility index (Phi) is 10.5. The summed E-state index contributed by atoms with van der Waals surface area (Å²) in [5.74, 6) is -1.02. The number of carbonyl (C=O) groups excluding carboxylic acids is 3. The van der Waals surface area contributed by atoms with Gasteiger partial charge in [-0.1, -0.05) is 60.7 Å². The molecule has 4 amide bonds. The van der Waals surface area contributed by atoms with Gasteiger partial charge in [-0.25, -0.2) is 19.5 Å². The van der Waals surface area contributed by atoms with Gasteiger partial charge in [0.2, 0.25) is 11.8 Å². The van der Waals surface area contributed by atoms with Crippen molar-refractivity contribution in [2.75, 3.05) is 23.9 Å². The zero-order valence-corrected chi connectivity index (χ0v) is 29.5. The number of nitrogens with one attached hydrogen (secondary N) is 3. The van der Waals surface area contributed by atoms with Crippen molar-refractivity contribution in [1.29, 1.82) is 0 Å². The number of nitrogens with zero attached hydrogens (tertiary/aromatic N) is 4. The van der Waals surface area contributed by atoms with E-state index in [0.717, 1.165) is 20.5 Å². The van der Waals surface area contributed by atoms with Gasteiger partial charge in [0.05, 0.1) is 31.5 Å². The minimum absolute atomic E-state index is 0.00866. The van der Waals surface area contributed by atoms with E-state index in [1.54, 1.807) is 85.8 Å². The number of hydrogen-bond acceptors (Lipinski definition) is 9. The van der Waals surface area contributed by atoms with Crippen LogP contribution in [0, 0.1) is 0 Å². The zero-order valence-electron chi connectivity index (χ0n) is 27.0. The van der Waals surface area contributed by atoms with E-state index in [4.69, 9.17) is 0 Å². The molecule has 0 radical (unpaired) electrons. The van der Waals surface area contributed by atoms with Gasteiger partial charge in [-0.3, -0.25) is 9.59 Å². The highest BCUT2D eigenvalue weighted by atomic mass is 32.2. The molecule has 4 aromatic carbocycles. The van der Waals surface area contributed by atoms with Crippen LogP contribution >= 0.6 is 22.7 Å². The second-order valence-electron chi connectivity index (χ2n) is 11.5. The number of aromatic nitrogens is 2. The van der Waals surface area contributed by atoms with Crippen LogP contribution in [0.2, 0.25) is 0 Å². The Hall–Kier alpha value is -5.22. The highest BCUT2D eigenvalue weighted by Crippen LogP contribution is 2.25. The molecular weight excluding hydrogens is 695 g/mol. The van der Waals surface area contributed by atoms with E-state index >= 15 is 0 Å². The number of anilines is 2. The van der Waals surface area contributed by atoms with Crippen molar-refractivity contribution in [3.63, 3.8) is 0 Å². The third kappa shape index (κ3) is 8.31. The molecule has 6 aromatic rings. The molecule has 1 unspecified atom stereocenters. The molecule has 2 heterocycles. The van der Waals surface area contributed by atoms with Crippen LogP contribution in [-0.4, -0.2) is 62.4 Å². The molecule has 0 spiro atoms. The van der Waals surface area contributed by atoms with Crippen LogP contribution in [0.5, 0.6) is 0 Å². The number of rotatable bonds is 12. The smallest absolute Gasteiger partial charge is 0.325 e. The van der Waals surface area contributed by atoms with Crippen LogP contribution in [0.3, 0.4) is 0 Å². The molecule has 0 aliphatic rings.